The number of piperidine rings is 1. The lowest BCUT2D eigenvalue weighted by Gasteiger charge is -2.41. The highest BCUT2D eigenvalue weighted by Crippen LogP contribution is 2.51. The van der Waals surface area contributed by atoms with Crippen molar-refractivity contribution in [2.75, 3.05) is 26.7 Å². The van der Waals surface area contributed by atoms with Gasteiger partial charge in [-0.2, -0.15) is 22.0 Å². The fourth-order valence-corrected chi connectivity index (χ4v) is 5.49. The van der Waals surface area contributed by atoms with E-state index in [2.05, 4.69) is 5.32 Å². The van der Waals surface area contributed by atoms with E-state index in [1.54, 1.807) is 18.2 Å². The number of hydrogen-bond acceptors (Lipinski definition) is 4. The minimum atomic E-state index is -6.14. The summed E-state index contributed by atoms with van der Waals surface area (Å²) in [6.45, 7) is 0.297. The predicted octanol–water partition coefficient (Wildman–Crippen LogP) is 5.04. The Hall–Kier alpha value is -2.92. The first-order valence-electron chi connectivity index (χ1n) is 12.5. The van der Waals surface area contributed by atoms with Crippen LogP contribution in [0.3, 0.4) is 0 Å². The van der Waals surface area contributed by atoms with Crippen LogP contribution in [0.25, 0.3) is 0 Å². The van der Waals surface area contributed by atoms with E-state index >= 15 is 0 Å². The summed E-state index contributed by atoms with van der Waals surface area (Å²) in [6.07, 6.45) is -4.48. The van der Waals surface area contributed by atoms with Crippen LogP contribution in [0, 0.1) is 17.8 Å². The Morgan fingerprint density at radius 2 is 1.72 bits per heavy atom. The molecule has 1 unspecified atom stereocenters. The van der Waals surface area contributed by atoms with Crippen LogP contribution in [-0.4, -0.2) is 60.7 Å². The zero-order valence-corrected chi connectivity index (χ0v) is 21.7. The van der Waals surface area contributed by atoms with Crippen molar-refractivity contribution in [1.82, 2.24) is 10.2 Å². The molecule has 0 spiro atoms. The van der Waals surface area contributed by atoms with Crippen LogP contribution < -0.4 is 10.1 Å². The zero-order chi connectivity index (χ0) is 28.6. The van der Waals surface area contributed by atoms with E-state index < -0.39 is 29.2 Å². The number of ether oxygens (including phenoxy) is 1. The van der Waals surface area contributed by atoms with Gasteiger partial charge in [0, 0.05) is 20.1 Å². The number of rotatable bonds is 8. The highest BCUT2D eigenvalue weighted by Gasteiger charge is 2.74. The third-order valence-corrected chi connectivity index (χ3v) is 7.91. The van der Waals surface area contributed by atoms with Crippen LogP contribution in [0.4, 0.5) is 22.0 Å². The minimum absolute atomic E-state index is 0.0484. The predicted molar refractivity (Wildman–Crippen MR) is 133 cm³/mol. The molecule has 2 aromatic rings. The molecule has 1 aliphatic heterocycles. The lowest BCUT2D eigenvalue weighted by molar-refractivity contribution is -0.339. The molecule has 2 N–H and O–H groups in total. The van der Waals surface area contributed by atoms with Crippen molar-refractivity contribution in [1.29, 1.82) is 0 Å². The van der Waals surface area contributed by atoms with Crippen LogP contribution in [0.2, 0.25) is 5.02 Å². The molecule has 212 valence electrons. The summed E-state index contributed by atoms with van der Waals surface area (Å²) in [5, 5.41) is 13.5. The molecule has 0 aromatic heterocycles. The van der Waals surface area contributed by atoms with Gasteiger partial charge in [0.05, 0.1) is 17.2 Å². The summed E-state index contributed by atoms with van der Waals surface area (Å²) in [7, 11) is 1.50. The van der Waals surface area contributed by atoms with Crippen molar-refractivity contribution in [3.63, 3.8) is 0 Å². The van der Waals surface area contributed by atoms with Crippen molar-refractivity contribution in [3.05, 3.63) is 64.7 Å². The molecule has 2 amide bonds. The van der Waals surface area contributed by atoms with Crippen molar-refractivity contribution in [2.24, 2.45) is 17.8 Å². The van der Waals surface area contributed by atoms with Gasteiger partial charge in [0.1, 0.15) is 5.75 Å². The number of amides is 2. The van der Waals surface area contributed by atoms with Crippen LogP contribution in [-0.2, 0) is 10.4 Å². The highest BCUT2D eigenvalue weighted by molar-refractivity contribution is 6.34. The molecular formula is C27H28ClF5N2O4. The maximum atomic E-state index is 14.6. The Morgan fingerprint density at radius 3 is 2.28 bits per heavy atom. The lowest BCUT2D eigenvalue weighted by Crippen LogP contribution is -2.63. The molecule has 1 saturated heterocycles. The Morgan fingerprint density at radius 1 is 1.08 bits per heavy atom. The molecular weight excluding hydrogens is 547 g/mol. The van der Waals surface area contributed by atoms with Gasteiger partial charge in [0.25, 0.3) is 11.8 Å². The quantitative estimate of drug-likeness (QED) is 0.433. The van der Waals surface area contributed by atoms with Crippen LogP contribution in [0.1, 0.15) is 35.2 Å². The SMILES string of the molecule is CNC(=O)c1ccc(OC[C@H]2C[C@@H]2C2CCN(C(=O)C(O)(c3ccccc3)C(F)(F)C(F)(F)F)CC2)cc1Cl. The van der Waals surface area contributed by atoms with Crippen LogP contribution in [0.15, 0.2) is 48.5 Å². The Bertz CT molecular complexity index is 1200. The van der Waals surface area contributed by atoms with Gasteiger partial charge in [0.2, 0.25) is 5.60 Å². The molecule has 0 radical (unpaired) electrons. The lowest BCUT2D eigenvalue weighted by atomic mass is 9.83. The van der Waals surface area contributed by atoms with Gasteiger partial charge in [-0.1, -0.05) is 41.9 Å². The third kappa shape index (κ3) is 5.56. The third-order valence-electron chi connectivity index (χ3n) is 7.60. The van der Waals surface area contributed by atoms with E-state index in [9.17, 15) is 36.6 Å². The number of nitrogens with zero attached hydrogens (tertiary/aromatic N) is 1. The summed E-state index contributed by atoms with van der Waals surface area (Å²) in [6, 6.07) is 10.3. The second-order valence-electron chi connectivity index (χ2n) is 9.97. The normalized spacial score (nSPS) is 21.7. The number of halogens is 6. The molecule has 0 bridgehead atoms. The number of benzene rings is 2. The molecule has 12 heteroatoms. The van der Waals surface area contributed by atoms with Crippen LogP contribution in [0.5, 0.6) is 5.75 Å². The Labute approximate surface area is 227 Å². The van der Waals surface area contributed by atoms with E-state index in [4.69, 9.17) is 16.3 Å². The zero-order valence-electron chi connectivity index (χ0n) is 21.0. The van der Waals surface area contributed by atoms with E-state index in [1.165, 1.54) is 25.2 Å². The van der Waals surface area contributed by atoms with E-state index in [0.717, 1.165) is 23.5 Å². The molecule has 2 aliphatic rings. The number of carbonyl (C=O) groups is 2. The number of nitrogens with one attached hydrogen (secondary N) is 1. The molecule has 2 aromatic carbocycles. The summed E-state index contributed by atoms with van der Waals surface area (Å²) >= 11 is 6.15. The molecule has 1 heterocycles. The topological polar surface area (TPSA) is 78.9 Å². The van der Waals surface area contributed by atoms with Crippen molar-refractivity contribution < 1.29 is 41.4 Å². The van der Waals surface area contributed by atoms with Gasteiger partial charge in [-0.3, -0.25) is 9.59 Å². The molecule has 4 rings (SSSR count). The van der Waals surface area contributed by atoms with Crippen molar-refractivity contribution >= 4 is 23.4 Å². The first-order valence-corrected chi connectivity index (χ1v) is 12.8. The van der Waals surface area contributed by atoms with Gasteiger partial charge in [-0.05, 0) is 60.8 Å². The maximum Gasteiger partial charge on any atom is 0.457 e. The van der Waals surface area contributed by atoms with Crippen molar-refractivity contribution in [3.8, 4) is 5.75 Å². The molecule has 2 fully saturated rings. The molecule has 3 atom stereocenters. The van der Waals surface area contributed by atoms with Gasteiger partial charge < -0.3 is 20.1 Å². The molecule has 1 aliphatic carbocycles. The van der Waals surface area contributed by atoms with E-state index in [1.807, 2.05) is 0 Å². The average Bonchev–Trinajstić information content (AvgIpc) is 3.70. The number of carbonyl (C=O) groups excluding carboxylic acids is 2. The fourth-order valence-electron chi connectivity index (χ4n) is 5.23. The van der Waals surface area contributed by atoms with E-state index in [-0.39, 0.29) is 41.8 Å². The summed E-state index contributed by atoms with van der Waals surface area (Å²) in [4.78, 5) is 25.7. The maximum absolute atomic E-state index is 14.6. The summed E-state index contributed by atoms with van der Waals surface area (Å²) in [5.74, 6) is -6.57. The Balaban J connectivity index is 1.36. The summed E-state index contributed by atoms with van der Waals surface area (Å²) < 4.78 is 75.0. The first-order chi connectivity index (χ1) is 18.3. The average molecular weight is 575 g/mol. The largest absolute Gasteiger partial charge is 0.493 e. The van der Waals surface area contributed by atoms with Crippen molar-refractivity contribution in [2.45, 2.75) is 37.0 Å². The fraction of sp³-hybridized carbons (Fsp3) is 0.481. The molecule has 6 nitrogen and oxygen atoms in total. The monoisotopic (exact) mass is 574 g/mol. The summed E-state index contributed by atoms with van der Waals surface area (Å²) in [5.41, 5.74) is -4.57. The number of aliphatic hydroxyl groups is 1. The first kappa shape index (κ1) is 29.1. The van der Waals surface area contributed by atoms with Gasteiger partial charge in [-0.25, -0.2) is 0 Å². The van der Waals surface area contributed by atoms with Crippen LogP contribution >= 0.6 is 11.6 Å². The Kier molecular flexibility index (Phi) is 8.14. The number of hydrogen-bond donors (Lipinski definition) is 2. The standard InChI is InChI=1S/C27H28ClF5N2O4/c1-34-23(36)20-8-7-19(14-22(20)28)39-15-17-13-21(17)16-9-11-35(12-10-16)24(37)25(38,18-5-3-2-4-6-18)26(29,30)27(31,32)33/h2-8,14,16-17,21,38H,9-13,15H2,1H3,(H,34,36)/t17-,21-,25?/m1/s1. The molecule has 39 heavy (non-hydrogen) atoms. The smallest absolute Gasteiger partial charge is 0.457 e. The number of likely N-dealkylation sites (tertiary alicyclic amines) is 1. The second kappa shape index (κ2) is 10.9. The van der Waals surface area contributed by atoms with Gasteiger partial charge in [-0.15, -0.1) is 0 Å². The minimum Gasteiger partial charge on any atom is -0.493 e. The number of alkyl halides is 5. The second-order valence-corrected chi connectivity index (χ2v) is 10.4. The van der Waals surface area contributed by atoms with Gasteiger partial charge in [0.15, 0.2) is 0 Å². The van der Waals surface area contributed by atoms with E-state index in [0.29, 0.717) is 30.8 Å². The molecule has 1 saturated carbocycles. The van der Waals surface area contributed by atoms with Gasteiger partial charge >= 0.3 is 12.1 Å². The highest BCUT2D eigenvalue weighted by atomic mass is 35.5.